The largest absolute Gasteiger partial charge is 0.504 e. The number of rotatable bonds is 4. The van der Waals surface area contributed by atoms with Crippen LogP contribution in [-0.4, -0.2) is 25.4 Å². The summed E-state index contributed by atoms with van der Waals surface area (Å²) in [4.78, 5) is 14.5. The second-order valence-electron chi connectivity index (χ2n) is 4.76. The molecule has 0 bridgehead atoms. The molecule has 0 spiro atoms. The average molecular weight is 281 g/mol. The molecule has 0 heterocycles. The highest BCUT2D eigenvalue weighted by Gasteiger charge is 2.40. The van der Waals surface area contributed by atoms with Gasteiger partial charge in [-0.15, -0.1) is 0 Å². The van der Waals surface area contributed by atoms with Gasteiger partial charge in [0.2, 0.25) is 17.6 Å². The Morgan fingerprint density at radius 3 is 2.50 bits per heavy atom. The molecule has 6 heteroatoms. The molecule has 0 radical (unpaired) electrons. The van der Waals surface area contributed by atoms with E-state index in [0.717, 1.165) is 12.8 Å². The molecule has 0 aliphatic heterocycles. The molecule has 5 nitrogen and oxygen atoms in total. The third kappa shape index (κ3) is 2.12. The highest BCUT2D eigenvalue weighted by atomic mass is 19.1. The summed E-state index contributed by atoms with van der Waals surface area (Å²) in [6.45, 7) is 0. The summed E-state index contributed by atoms with van der Waals surface area (Å²) in [6.07, 6.45) is 4.35. The molecule has 0 unspecified atom stereocenters. The molecule has 1 aromatic rings. The van der Waals surface area contributed by atoms with Crippen molar-refractivity contribution >= 4 is 6.08 Å². The molecule has 1 saturated carbocycles. The smallest absolute Gasteiger partial charge is 0.235 e. The Balaban J connectivity index is 2.67. The van der Waals surface area contributed by atoms with Gasteiger partial charge in [-0.3, -0.25) is 0 Å². The van der Waals surface area contributed by atoms with Crippen LogP contribution in [0.2, 0.25) is 0 Å². The molecule has 0 saturated heterocycles. The summed E-state index contributed by atoms with van der Waals surface area (Å²) < 4.78 is 24.1. The van der Waals surface area contributed by atoms with Gasteiger partial charge in [0, 0.05) is 5.56 Å². The topological polar surface area (TPSA) is 68.1 Å². The molecule has 0 amide bonds. The zero-order valence-electron chi connectivity index (χ0n) is 11.4. The Morgan fingerprint density at radius 2 is 2.00 bits per heavy atom. The lowest BCUT2D eigenvalue weighted by Crippen LogP contribution is -2.20. The minimum atomic E-state index is -0.924. The number of aromatic hydroxyl groups is 1. The number of nitrogens with zero attached hydrogens (tertiary/aromatic N) is 1. The molecular weight excluding hydrogens is 265 g/mol. The van der Waals surface area contributed by atoms with E-state index in [1.54, 1.807) is 0 Å². The van der Waals surface area contributed by atoms with Gasteiger partial charge in [-0.2, -0.15) is 9.38 Å². The van der Waals surface area contributed by atoms with Crippen molar-refractivity contribution in [1.29, 1.82) is 0 Å². The number of phenolic OH excluding ortho intramolecular Hbond substituents is 1. The van der Waals surface area contributed by atoms with Crippen molar-refractivity contribution in [3.8, 4) is 17.2 Å². The predicted octanol–water partition coefficient (Wildman–Crippen LogP) is 2.65. The van der Waals surface area contributed by atoms with Crippen LogP contribution in [0, 0.1) is 5.82 Å². The van der Waals surface area contributed by atoms with Gasteiger partial charge < -0.3 is 14.6 Å². The van der Waals surface area contributed by atoms with Crippen molar-refractivity contribution in [3.63, 3.8) is 0 Å². The number of aliphatic imine (C=N–C) groups is 1. The van der Waals surface area contributed by atoms with Gasteiger partial charge in [0.1, 0.15) is 5.54 Å². The molecule has 0 aromatic heterocycles. The van der Waals surface area contributed by atoms with Crippen LogP contribution in [0.4, 0.5) is 4.39 Å². The average Bonchev–Trinajstić information content (AvgIpc) is 2.91. The van der Waals surface area contributed by atoms with Crippen LogP contribution in [0.1, 0.15) is 31.2 Å². The Hall–Kier alpha value is -2.07. The maximum absolute atomic E-state index is 14.2. The first kappa shape index (κ1) is 14.3. The maximum atomic E-state index is 14.2. The van der Waals surface area contributed by atoms with Crippen molar-refractivity contribution < 1.29 is 23.8 Å². The van der Waals surface area contributed by atoms with E-state index >= 15 is 0 Å². The number of ether oxygens (including phenoxy) is 2. The first-order chi connectivity index (χ1) is 9.59. The fraction of sp³-hybridized carbons (Fsp3) is 0.500. The molecule has 2 rings (SSSR count). The number of isocyanates is 1. The summed E-state index contributed by atoms with van der Waals surface area (Å²) in [7, 11) is 2.66. The van der Waals surface area contributed by atoms with Gasteiger partial charge >= 0.3 is 0 Å². The van der Waals surface area contributed by atoms with Crippen molar-refractivity contribution in [2.24, 2.45) is 4.99 Å². The predicted molar refractivity (Wildman–Crippen MR) is 69.4 cm³/mol. The summed E-state index contributed by atoms with van der Waals surface area (Å²) in [5.41, 5.74) is -0.680. The maximum Gasteiger partial charge on any atom is 0.235 e. The van der Waals surface area contributed by atoms with E-state index in [2.05, 4.69) is 4.99 Å². The van der Waals surface area contributed by atoms with Crippen molar-refractivity contribution in [2.75, 3.05) is 14.2 Å². The fourth-order valence-electron chi connectivity index (χ4n) is 2.78. The number of methoxy groups -OCH3 is 2. The van der Waals surface area contributed by atoms with Gasteiger partial charge in [-0.1, -0.05) is 12.8 Å². The molecule has 0 atom stereocenters. The molecule has 1 aromatic carbocycles. The number of halogens is 1. The second-order valence-corrected chi connectivity index (χ2v) is 4.76. The van der Waals surface area contributed by atoms with Crippen molar-refractivity contribution in [2.45, 2.75) is 31.2 Å². The third-order valence-electron chi connectivity index (χ3n) is 3.78. The van der Waals surface area contributed by atoms with E-state index in [-0.39, 0.29) is 17.1 Å². The summed E-state index contributed by atoms with van der Waals surface area (Å²) in [5.74, 6) is -1.47. The zero-order chi connectivity index (χ0) is 14.8. The molecule has 1 fully saturated rings. The van der Waals surface area contributed by atoms with E-state index in [1.165, 1.54) is 26.4 Å². The highest BCUT2D eigenvalue weighted by Crippen LogP contribution is 2.49. The number of carbonyl (C=O) groups excluding carboxylic acids is 1. The lowest BCUT2D eigenvalue weighted by molar-refractivity contribution is 0.317. The molecule has 1 N–H and O–H groups in total. The summed E-state index contributed by atoms with van der Waals surface area (Å²) >= 11 is 0. The molecule has 1 aliphatic carbocycles. The van der Waals surface area contributed by atoms with Gasteiger partial charge in [0.15, 0.2) is 11.5 Å². The fourth-order valence-corrected chi connectivity index (χ4v) is 2.78. The second kappa shape index (κ2) is 5.51. The zero-order valence-corrected chi connectivity index (χ0v) is 11.4. The summed E-state index contributed by atoms with van der Waals surface area (Å²) in [6, 6.07) is 1.48. The van der Waals surface area contributed by atoms with Crippen LogP contribution in [-0.2, 0) is 10.3 Å². The molecule has 108 valence electrons. The van der Waals surface area contributed by atoms with Crippen molar-refractivity contribution in [3.05, 3.63) is 17.4 Å². The van der Waals surface area contributed by atoms with E-state index in [1.807, 2.05) is 0 Å². The Morgan fingerprint density at radius 1 is 1.35 bits per heavy atom. The van der Waals surface area contributed by atoms with Crippen LogP contribution in [0.3, 0.4) is 0 Å². The van der Waals surface area contributed by atoms with Gasteiger partial charge in [0.25, 0.3) is 0 Å². The lowest BCUT2D eigenvalue weighted by atomic mass is 9.87. The van der Waals surface area contributed by atoms with Crippen LogP contribution < -0.4 is 9.47 Å². The van der Waals surface area contributed by atoms with Crippen LogP contribution in [0.5, 0.6) is 17.2 Å². The van der Waals surface area contributed by atoms with E-state index in [0.29, 0.717) is 12.8 Å². The SMILES string of the molecule is COc1cc(C2(N=C=O)CCCC2)c(O)c(F)c1OC. The molecule has 20 heavy (non-hydrogen) atoms. The van der Waals surface area contributed by atoms with Gasteiger partial charge in [-0.25, -0.2) is 4.79 Å². The Kier molecular flexibility index (Phi) is 3.95. The number of benzene rings is 1. The number of hydrogen-bond acceptors (Lipinski definition) is 5. The minimum absolute atomic E-state index is 0.158. The molecule has 1 aliphatic rings. The Labute approximate surface area is 116 Å². The highest BCUT2D eigenvalue weighted by molar-refractivity contribution is 5.55. The first-order valence-corrected chi connectivity index (χ1v) is 6.32. The first-order valence-electron chi connectivity index (χ1n) is 6.32. The normalized spacial score (nSPS) is 16.6. The molecular formula is C14H16FNO4. The Bertz CT molecular complexity index is 561. The third-order valence-corrected chi connectivity index (χ3v) is 3.78. The van der Waals surface area contributed by atoms with E-state index in [4.69, 9.17) is 9.47 Å². The monoisotopic (exact) mass is 281 g/mol. The quantitative estimate of drug-likeness (QED) is 0.680. The number of hydrogen-bond donors (Lipinski definition) is 1. The van der Waals surface area contributed by atoms with Crippen molar-refractivity contribution in [1.82, 2.24) is 0 Å². The number of phenols is 1. The summed E-state index contributed by atoms with van der Waals surface area (Å²) in [5, 5.41) is 10.1. The minimum Gasteiger partial charge on any atom is -0.504 e. The standard InChI is InChI=1S/C14H16FNO4/c1-19-10-7-9(12(18)11(15)13(10)20-2)14(16-8-17)5-3-4-6-14/h7,18H,3-6H2,1-2H3. The van der Waals surface area contributed by atoms with Crippen LogP contribution >= 0.6 is 0 Å². The van der Waals surface area contributed by atoms with Gasteiger partial charge in [0.05, 0.1) is 14.2 Å². The van der Waals surface area contributed by atoms with Crippen LogP contribution in [0.15, 0.2) is 11.1 Å². The van der Waals surface area contributed by atoms with E-state index < -0.39 is 17.1 Å². The lowest BCUT2D eigenvalue weighted by Gasteiger charge is -2.25. The van der Waals surface area contributed by atoms with E-state index in [9.17, 15) is 14.3 Å². The van der Waals surface area contributed by atoms with Crippen LogP contribution in [0.25, 0.3) is 0 Å². The van der Waals surface area contributed by atoms with Gasteiger partial charge in [-0.05, 0) is 18.9 Å².